The van der Waals surface area contributed by atoms with Gasteiger partial charge >= 0.3 is 0 Å². The standard InChI is InChI=1S/C10H16N2O2/c13-9-4-7-12(10(14)8-9)11-5-2-1-3-6-11/h1-8H2. The summed E-state index contributed by atoms with van der Waals surface area (Å²) in [6.07, 6.45) is 4.23. The van der Waals surface area contributed by atoms with E-state index in [-0.39, 0.29) is 18.1 Å². The van der Waals surface area contributed by atoms with E-state index in [1.54, 1.807) is 5.01 Å². The highest BCUT2D eigenvalue weighted by Crippen LogP contribution is 2.16. The monoisotopic (exact) mass is 196 g/mol. The zero-order chi connectivity index (χ0) is 9.97. The van der Waals surface area contributed by atoms with E-state index < -0.39 is 0 Å². The number of nitrogens with zero attached hydrogens (tertiary/aromatic N) is 2. The minimum atomic E-state index is -0.0110. The van der Waals surface area contributed by atoms with Gasteiger partial charge in [-0.25, -0.2) is 5.01 Å². The summed E-state index contributed by atoms with van der Waals surface area (Å²) in [7, 11) is 0. The van der Waals surface area contributed by atoms with E-state index in [2.05, 4.69) is 5.01 Å². The summed E-state index contributed by atoms with van der Waals surface area (Å²) in [6.45, 7) is 2.54. The zero-order valence-electron chi connectivity index (χ0n) is 8.37. The van der Waals surface area contributed by atoms with Crippen LogP contribution in [0.5, 0.6) is 0 Å². The van der Waals surface area contributed by atoms with Gasteiger partial charge in [0.15, 0.2) is 0 Å². The lowest BCUT2D eigenvalue weighted by molar-refractivity contribution is -0.157. The maximum atomic E-state index is 11.6. The maximum Gasteiger partial charge on any atom is 0.244 e. The second kappa shape index (κ2) is 4.09. The predicted octanol–water partition coefficient (Wildman–Crippen LogP) is 0.579. The van der Waals surface area contributed by atoms with Crippen LogP contribution in [0, 0.1) is 0 Å². The van der Waals surface area contributed by atoms with Gasteiger partial charge in [-0.1, -0.05) is 6.42 Å². The summed E-state index contributed by atoms with van der Waals surface area (Å²) in [4.78, 5) is 22.6. The molecule has 2 heterocycles. The van der Waals surface area contributed by atoms with Crippen molar-refractivity contribution in [2.24, 2.45) is 0 Å². The Labute approximate surface area is 83.8 Å². The molecule has 2 aliphatic rings. The van der Waals surface area contributed by atoms with E-state index in [4.69, 9.17) is 0 Å². The fraction of sp³-hybridized carbons (Fsp3) is 0.800. The number of piperidine rings is 2. The first-order chi connectivity index (χ1) is 6.77. The molecule has 0 radical (unpaired) electrons. The van der Waals surface area contributed by atoms with Crippen LogP contribution in [0.2, 0.25) is 0 Å². The van der Waals surface area contributed by atoms with Crippen LogP contribution >= 0.6 is 0 Å². The molecule has 0 aromatic carbocycles. The lowest BCUT2D eigenvalue weighted by atomic mass is 10.1. The topological polar surface area (TPSA) is 40.6 Å². The van der Waals surface area contributed by atoms with E-state index in [1.165, 1.54) is 6.42 Å². The van der Waals surface area contributed by atoms with Crippen molar-refractivity contribution in [2.75, 3.05) is 19.6 Å². The van der Waals surface area contributed by atoms with Crippen molar-refractivity contribution in [3.8, 4) is 0 Å². The Bertz CT molecular complexity index is 247. The predicted molar refractivity (Wildman–Crippen MR) is 51.4 cm³/mol. The summed E-state index contributed by atoms with van der Waals surface area (Å²) in [5.41, 5.74) is 0. The average Bonchev–Trinajstić information content (AvgIpc) is 2.19. The van der Waals surface area contributed by atoms with E-state index in [0.29, 0.717) is 13.0 Å². The van der Waals surface area contributed by atoms with Gasteiger partial charge in [-0.3, -0.25) is 14.6 Å². The molecule has 0 aromatic rings. The van der Waals surface area contributed by atoms with Crippen LogP contribution in [0.3, 0.4) is 0 Å². The van der Waals surface area contributed by atoms with Crippen LogP contribution in [-0.2, 0) is 9.59 Å². The maximum absolute atomic E-state index is 11.6. The van der Waals surface area contributed by atoms with Crippen molar-refractivity contribution in [1.82, 2.24) is 10.0 Å². The van der Waals surface area contributed by atoms with Gasteiger partial charge < -0.3 is 0 Å². The highest BCUT2D eigenvalue weighted by atomic mass is 16.2. The molecule has 14 heavy (non-hydrogen) atoms. The van der Waals surface area contributed by atoms with Crippen LogP contribution in [0.4, 0.5) is 0 Å². The van der Waals surface area contributed by atoms with Crippen LogP contribution in [0.25, 0.3) is 0 Å². The highest BCUT2D eigenvalue weighted by Gasteiger charge is 2.28. The van der Waals surface area contributed by atoms with Crippen LogP contribution in [0.15, 0.2) is 0 Å². The van der Waals surface area contributed by atoms with Crippen molar-refractivity contribution >= 4 is 11.7 Å². The van der Waals surface area contributed by atoms with Crippen LogP contribution in [-0.4, -0.2) is 41.3 Å². The Morgan fingerprint density at radius 1 is 0.929 bits per heavy atom. The van der Waals surface area contributed by atoms with Crippen molar-refractivity contribution in [3.63, 3.8) is 0 Å². The van der Waals surface area contributed by atoms with E-state index in [1.807, 2.05) is 0 Å². The molecule has 0 unspecified atom stereocenters. The van der Waals surface area contributed by atoms with Crippen molar-refractivity contribution < 1.29 is 9.59 Å². The molecule has 2 saturated heterocycles. The molecule has 1 amide bonds. The second-order valence-electron chi connectivity index (χ2n) is 4.00. The molecule has 0 aliphatic carbocycles. The van der Waals surface area contributed by atoms with E-state index in [0.717, 1.165) is 25.9 Å². The fourth-order valence-electron chi connectivity index (χ4n) is 2.12. The molecule has 2 rings (SSSR count). The lowest BCUT2D eigenvalue weighted by Gasteiger charge is -2.39. The molecule has 78 valence electrons. The Morgan fingerprint density at radius 3 is 2.29 bits per heavy atom. The van der Waals surface area contributed by atoms with Crippen molar-refractivity contribution in [2.45, 2.75) is 32.1 Å². The van der Waals surface area contributed by atoms with Crippen LogP contribution in [0.1, 0.15) is 32.1 Å². The number of carbonyl (C=O) groups excluding carboxylic acids is 2. The summed E-state index contributed by atoms with van der Waals surface area (Å²) in [6, 6.07) is 0. The van der Waals surface area contributed by atoms with Gasteiger partial charge in [-0.2, -0.15) is 0 Å². The number of ketones is 1. The fourth-order valence-corrected chi connectivity index (χ4v) is 2.12. The molecule has 4 heteroatoms. The number of amides is 1. The van der Waals surface area contributed by atoms with Gasteiger partial charge in [0.05, 0.1) is 6.42 Å². The molecular formula is C10H16N2O2. The molecule has 4 nitrogen and oxygen atoms in total. The SMILES string of the molecule is O=C1CCN(N2CCCCC2)C(=O)C1. The van der Waals surface area contributed by atoms with E-state index in [9.17, 15) is 9.59 Å². The summed E-state index contributed by atoms with van der Waals surface area (Å²) in [5, 5.41) is 3.89. The lowest BCUT2D eigenvalue weighted by Crippen LogP contribution is -2.52. The molecule has 0 spiro atoms. The first kappa shape index (κ1) is 9.65. The third-order valence-corrected chi connectivity index (χ3v) is 2.91. The average molecular weight is 196 g/mol. The first-order valence-corrected chi connectivity index (χ1v) is 5.34. The number of rotatable bonds is 1. The molecule has 2 aliphatic heterocycles. The third-order valence-electron chi connectivity index (χ3n) is 2.91. The molecule has 2 fully saturated rings. The van der Waals surface area contributed by atoms with Gasteiger partial charge in [-0.05, 0) is 12.8 Å². The zero-order valence-corrected chi connectivity index (χ0v) is 8.37. The van der Waals surface area contributed by atoms with Gasteiger partial charge in [0.1, 0.15) is 5.78 Å². The first-order valence-electron chi connectivity index (χ1n) is 5.34. The van der Waals surface area contributed by atoms with Gasteiger partial charge in [-0.15, -0.1) is 0 Å². The van der Waals surface area contributed by atoms with E-state index >= 15 is 0 Å². The normalized spacial score (nSPS) is 25.6. The van der Waals surface area contributed by atoms with Gasteiger partial charge in [0.25, 0.3) is 0 Å². The Balaban J connectivity index is 1.95. The number of hydrogen-bond donors (Lipinski definition) is 0. The van der Waals surface area contributed by atoms with Gasteiger partial charge in [0, 0.05) is 26.1 Å². The minimum Gasteiger partial charge on any atom is -0.299 e. The summed E-state index contributed by atoms with van der Waals surface area (Å²) < 4.78 is 0. The Morgan fingerprint density at radius 2 is 1.64 bits per heavy atom. The Hall–Kier alpha value is -0.900. The highest BCUT2D eigenvalue weighted by molar-refractivity contribution is 6.00. The largest absolute Gasteiger partial charge is 0.299 e. The summed E-state index contributed by atoms with van der Waals surface area (Å²) in [5.74, 6) is 0.0754. The molecule has 0 bridgehead atoms. The molecule has 0 N–H and O–H groups in total. The van der Waals surface area contributed by atoms with Crippen molar-refractivity contribution in [1.29, 1.82) is 0 Å². The minimum absolute atomic E-state index is 0.0110. The molecule has 0 saturated carbocycles. The second-order valence-corrected chi connectivity index (χ2v) is 4.00. The van der Waals surface area contributed by atoms with Crippen LogP contribution < -0.4 is 0 Å². The molecule has 0 aromatic heterocycles. The number of hydrogen-bond acceptors (Lipinski definition) is 3. The number of hydrazine groups is 1. The van der Waals surface area contributed by atoms with Crippen molar-refractivity contribution in [3.05, 3.63) is 0 Å². The number of carbonyl (C=O) groups is 2. The smallest absolute Gasteiger partial charge is 0.244 e. The Kier molecular flexibility index (Phi) is 2.82. The number of Topliss-reactive ketones (excluding diaryl/α,β-unsaturated/α-hetero) is 1. The molecule has 0 atom stereocenters. The third kappa shape index (κ3) is 1.95. The molecular weight excluding hydrogens is 180 g/mol. The summed E-state index contributed by atoms with van der Waals surface area (Å²) >= 11 is 0. The van der Waals surface area contributed by atoms with Gasteiger partial charge in [0.2, 0.25) is 5.91 Å². The quantitative estimate of drug-likeness (QED) is 0.576.